The highest BCUT2D eigenvalue weighted by Crippen LogP contribution is 2.19. The van der Waals surface area contributed by atoms with Crippen molar-refractivity contribution < 1.29 is 0 Å². The summed E-state index contributed by atoms with van der Waals surface area (Å²) in [5, 5.41) is 3.28. The van der Waals surface area contributed by atoms with Crippen molar-refractivity contribution in [3.05, 3.63) is 35.4 Å². The minimum atomic E-state index is 0.803. The highest BCUT2D eigenvalue weighted by Gasteiger charge is 1.96. The lowest BCUT2D eigenvalue weighted by atomic mass is 10.2. The van der Waals surface area contributed by atoms with Gasteiger partial charge in [-0.05, 0) is 38.5 Å². The van der Waals surface area contributed by atoms with Gasteiger partial charge in [-0.25, -0.2) is 0 Å². The molecule has 0 bridgehead atoms. The smallest absolute Gasteiger partial charge is 0.0579 e. The molecule has 1 aromatic carbocycles. The zero-order valence-corrected chi connectivity index (χ0v) is 9.09. The van der Waals surface area contributed by atoms with Crippen molar-refractivity contribution in [3.8, 4) is 0 Å². The van der Waals surface area contributed by atoms with Gasteiger partial charge in [0.05, 0.1) is 11.4 Å². The molecule has 76 valence electrons. The summed E-state index contributed by atoms with van der Waals surface area (Å²) in [5.41, 5.74) is 10.2. The minimum absolute atomic E-state index is 0.803. The van der Waals surface area contributed by atoms with Crippen LogP contribution in [0, 0.1) is 6.92 Å². The Kier molecular flexibility index (Phi) is 3.57. The van der Waals surface area contributed by atoms with Crippen LogP contribution in [0.15, 0.2) is 29.8 Å². The average molecular weight is 190 g/mol. The van der Waals surface area contributed by atoms with Gasteiger partial charge >= 0.3 is 0 Å². The van der Waals surface area contributed by atoms with Gasteiger partial charge < -0.3 is 11.1 Å². The number of hydrogen-bond acceptors (Lipinski definition) is 2. The monoisotopic (exact) mass is 190 g/mol. The van der Waals surface area contributed by atoms with Gasteiger partial charge in [-0.15, -0.1) is 0 Å². The first-order chi connectivity index (χ1) is 6.59. The highest BCUT2D eigenvalue weighted by atomic mass is 14.9. The number of hydrogen-bond donors (Lipinski definition) is 2. The van der Waals surface area contributed by atoms with Crippen LogP contribution < -0.4 is 11.1 Å². The molecular formula is C12H18N2. The van der Waals surface area contributed by atoms with Gasteiger partial charge in [0.1, 0.15) is 0 Å². The Bertz CT molecular complexity index is 336. The van der Waals surface area contributed by atoms with E-state index in [9.17, 15) is 0 Å². The van der Waals surface area contributed by atoms with Gasteiger partial charge in [0.15, 0.2) is 0 Å². The van der Waals surface area contributed by atoms with Crippen molar-refractivity contribution in [3.63, 3.8) is 0 Å². The predicted octanol–water partition coefficient (Wildman–Crippen LogP) is 2.96. The van der Waals surface area contributed by atoms with Crippen LogP contribution in [0.3, 0.4) is 0 Å². The third-order valence-corrected chi connectivity index (χ3v) is 2.01. The molecule has 2 heteroatoms. The molecule has 0 heterocycles. The van der Waals surface area contributed by atoms with Gasteiger partial charge in [0.2, 0.25) is 0 Å². The van der Waals surface area contributed by atoms with E-state index in [4.69, 9.17) is 5.73 Å². The number of nitrogens with two attached hydrogens (primary N) is 1. The molecule has 0 atom stereocenters. The molecular weight excluding hydrogens is 172 g/mol. The summed E-state index contributed by atoms with van der Waals surface area (Å²) in [6.45, 7) is 7.06. The summed E-state index contributed by atoms with van der Waals surface area (Å²) in [7, 11) is 0. The molecule has 2 nitrogen and oxygen atoms in total. The van der Waals surface area contributed by atoms with E-state index in [1.807, 2.05) is 12.1 Å². The van der Waals surface area contributed by atoms with Crippen molar-refractivity contribution in [2.75, 3.05) is 17.6 Å². The van der Waals surface area contributed by atoms with Crippen LogP contribution in [0.4, 0.5) is 11.4 Å². The molecule has 1 rings (SSSR count). The number of nitrogen functional groups attached to an aromatic ring is 1. The largest absolute Gasteiger partial charge is 0.397 e. The molecule has 14 heavy (non-hydrogen) atoms. The Balaban J connectivity index is 2.67. The highest BCUT2D eigenvalue weighted by molar-refractivity contribution is 5.67. The third kappa shape index (κ3) is 3.13. The van der Waals surface area contributed by atoms with Crippen LogP contribution >= 0.6 is 0 Å². The number of nitrogens with one attached hydrogen (secondary N) is 1. The lowest BCUT2D eigenvalue weighted by molar-refractivity contribution is 1.26. The molecule has 0 aromatic heterocycles. The fourth-order valence-corrected chi connectivity index (χ4v) is 1.19. The number of anilines is 2. The molecule has 0 saturated carbocycles. The average Bonchev–Trinajstić information content (AvgIpc) is 2.10. The normalized spacial score (nSPS) is 9.64. The van der Waals surface area contributed by atoms with Gasteiger partial charge in [-0.2, -0.15) is 0 Å². The number of aryl methyl sites for hydroxylation is 1. The number of rotatable bonds is 3. The first-order valence-corrected chi connectivity index (χ1v) is 4.83. The van der Waals surface area contributed by atoms with E-state index in [1.165, 1.54) is 11.1 Å². The van der Waals surface area contributed by atoms with Gasteiger partial charge in [-0.3, -0.25) is 0 Å². The SMILES string of the molecule is CC(C)=CCNc1cc(C)ccc1N. The van der Waals surface area contributed by atoms with E-state index in [1.54, 1.807) is 0 Å². The number of benzene rings is 1. The molecule has 0 aliphatic carbocycles. The second-order valence-corrected chi connectivity index (χ2v) is 3.75. The molecule has 0 saturated heterocycles. The van der Waals surface area contributed by atoms with Crippen molar-refractivity contribution in [2.24, 2.45) is 0 Å². The zero-order valence-electron chi connectivity index (χ0n) is 9.09. The Morgan fingerprint density at radius 1 is 1.43 bits per heavy atom. The topological polar surface area (TPSA) is 38.0 Å². The van der Waals surface area contributed by atoms with Gasteiger partial charge in [0, 0.05) is 6.54 Å². The predicted molar refractivity (Wildman–Crippen MR) is 63.5 cm³/mol. The fourth-order valence-electron chi connectivity index (χ4n) is 1.19. The zero-order chi connectivity index (χ0) is 10.6. The minimum Gasteiger partial charge on any atom is -0.397 e. The molecule has 0 radical (unpaired) electrons. The molecule has 0 spiro atoms. The van der Waals surface area contributed by atoms with Crippen LogP contribution in [0.5, 0.6) is 0 Å². The van der Waals surface area contributed by atoms with Gasteiger partial charge in [-0.1, -0.05) is 17.7 Å². The van der Waals surface area contributed by atoms with Crippen molar-refractivity contribution in [1.82, 2.24) is 0 Å². The Labute approximate surface area is 85.8 Å². The third-order valence-electron chi connectivity index (χ3n) is 2.01. The Morgan fingerprint density at radius 3 is 2.79 bits per heavy atom. The van der Waals surface area contributed by atoms with E-state index < -0.39 is 0 Å². The molecule has 0 aliphatic heterocycles. The summed E-state index contributed by atoms with van der Waals surface area (Å²) in [4.78, 5) is 0. The summed E-state index contributed by atoms with van der Waals surface area (Å²) in [6.07, 6.45) is 2.14. The van der Waals surface area contributed by atoms with Crippen molar-refractivity contribution in [2.45, 2.75) is 20.8 Å². The maximum Gasteiger partial charge on any atom is 0.0579 e. The second kappa shape index (κ2) is 4.70. The van der Waals surface area contributed by atoms with Crippen molar-refractivity contribution in [1.29, 1.82) is 0 Å². The summed E-state index contributed by atoms with van der Waals surface area (Å²) in [5.74, 6) is 0. The molecule has 0 amide bonds. The molecule has 0 unspecified atom stereocenters. The standard InChI is InChI=1S/C12H18N2/c1-9(2)6-7-14-12-8-10(3)4-5-11(12)13/h4-6,8,14H,7,13H2,1-3H3. The second-order valence-electron chi connectivity index (χ2n) is 3.75. The maximum atomic E-state index is 5.82. The molecule has 0 aliphatic rings. The van der Waals surface area contributed by atoms with E-state index >= 15 is 0 Å². The molecule has 1 aromatic rings. The van der Waals surface area contributed by atoms with Gasteiger partial charge in [0.25, 0.3) is 0 Å². The first-order valence-electron chi connectivity index (χ1n) is 4.83. The van der Waals surface area contributed by atoms with Crippen LogP contribution in [0.1, 0.15) is 19.4 Å². The molecule has 3 N–H and O–H groups in total. The summed E-state index contributed by atoms with van der Waals surface area (Å²) >= 11 is 0. The van der Waals surface area contributed by atoms with Crippen LogP contribution in [-0.4, -0.2) is 6.54 Å². The Hall–Kier alpha value is -1.44. The number of allylic oxidation sites excluding steroid dienone is 1. The lowest BCUT2D eigenvalue weighted by Gasteiger charge is -2.08. The lowest BCUT2D eigenvalue weighted by Crippen LogP contribution is -2.02. The Morgan fingerprint density at radius 2 is 2.14 bits per heavy atom. The fraction of sp³-hybridized carbons (Fsp3) is 0.333. The summed E-state index contributed by atoms with van der Waals surface area (Å²) in [6, 6.07) is 6.01. The molecule has 0 fully saturated rings. The van der Waals surface area contributed by atoms with Crippen LogP contribution in [0.25, 0.3) is 0 Å². The summed E-state index contributed by atoms with van der Waals surface area (Å²) < 4.78 is 0. The van der Waals surface area contributed by atoms with Crippen molar-refractivity contribution >= 4 is 11.4 Å². The van der Waals surface area contributed by atoms with Crippen LogP contribution in [0.2, 0.25) is 0 Å². The van der Waals surface area contributed by atoms with E-state index in [2.05, 4.69) is 38.2 Å². The van der Waals surface area contributed by atoms with Crippen LogP contribution in [-0.2, 0) is 0 Å². The van der Waals surface area contributed by atoms with E-state index in [0.29, 0.717) is 0 Å². The maximum absolute atomic E-state index is 5.82. The van der Waals surface area contributed by atoms with E-state index in [0.717, 1.165) is 17.9 Å². The first kappa shape index (κ1) is 10.6. The van der Waals surface area contributed by atoms with E-state index in [-0.39, 0.29) is 0 Å². The quantitative estimate of drug-likeness (QED) is 0.568.